The van der Waals surface area contributed by atoms with Gasteiger partial charge in [0, 0.05) is 24.9 Å². The Balaban J connectivity index is 2.06. The summed E-state index contributed by atoms with van der Waals surface area (Å²) in [7, 11) is 0. The van der Waals surface area contributed by atoms with E-state index < -0.39 is 11.6 Å². The molecule has 2 aromatic rings. The highest BCUT2D eigenvalue weighted by atomic mass is 19.1. The lowest BCUT2D eigenvalue weighted by Crippen LogP contribution is -2.37. The van der Waals surface area contributed by atoms with Crippen LogP contribution in [0.15, 0.2) is 22.7 Å². The minimum atomic E-state index is -0.618. The van der Waals surface area contributed by atoms with E-state index >= 15 is 0 Å². The number of benzene rings is 1. The number of rotatable bonds is 4. The number of halogens is 2. The Morgan fingerprint density at radius 3 is 2.62 bits per heavy atom. The van der Waals surface area contributed by atoms with Gasteiger partial charge in [0.15, 0.2) is 5.82 Å². The van der Waals surface area contributed by atoms with Gasteiger partial charge in [0.05, 0.1) is 0 Å². The van der Waals surface area contributed by atoms with Crippen molar-refractivity contribution in [3.05, 3.63) is 47.1 Å². The Labute approximate surface area is 122 Å². The summed E-state index contributed by atoms with van der Waals surface area (Å²) in [4.78, 5) is 4.20. The molecular weight excluding hydrogens is 276 g/mol. The van der Waals surface area contributed by atoms with E-state index in [-0.39, 0.29) is 17.9 Å². The highest BCUT2D eigenvalue weighted by molar-refractivity contribution is 5.21. The maximum absolute atomic E-state index is 13.6. The summed E-state index contributed by atoms with van der Waals surface area (Å²) in [6.45, 7) is 6.09. The molecule has 1 aromatic carbocycles. The first-order valence-electron chi connectivity index (χ1n) is 6.76. The molecule has 4 nitrogen and oxygen atoms in total. The molecule has 0 saturated carbocycles. The lowest BCUT2D eigenvalue weighted by atomic mass is 9.85. The Hall–Kier alpha value is -1.82. The predicted octanol–water partition coefficient (Wildman–Crippen LogP) is 2.85. The SMILES string of the molecule is CC(C)(C)C(N)Cc1nc(Cc2ccc(F)cc2F)no1. The van der Waals surface area contributed by atoms with Crippen molar-refractivity contribution in [1.29, 1.82) is 0 Å². The Bertz CT molecular complexity index is 620. The van der Waals surface area contributed by atoms with E-state index in [1.807, 2.05) is 20.8 Å². The number of hydrogen-bond acceptors (Lipinski definition) is 4. The van der Waals surface area contributed by atoms with Gasteiger partial charge in [-0.25, -0.2) is 8.78 Å². The molecule has 0 aliphatic carbocycles. The molecule has 1 aromatic heterocycles. The fourth-order valence-electron chi connectivity index (χ4n) is 1.77. The molecule has 21 heavy (non-hydrogen) atoms. The minimum Gasteiger partial charge on any atom is -0.339 e. The van der Waals surface area contributed by atoms with Crippen LogP contribution in [0.3, 0.4) is 0 Å². The van der Waals surface area contributed by atoms with Crippen LogP contribution in [0.5, 0.6) is 0 Å². The Morgan fingerprint density at radius 2 is 2.00 bits per heavy atom. The van der Waals surface area contributed by atoms with Gasteiger partial charge in [0.1, 0.15) is 11.6 Å². The van der Waals surface area contributed by atoms with Gasteiger partial charge >= 0.3 is 0 Å². The number of aromatic nitrogens is 2. The van der Waals surface area contributed by atoms with E-state index in [0.29, 0.717) is 23.7 Å². The molecule has 0 bridgehead atoms. The summed E-state index contributed by atoms with van der Waals surface area (Å²) in [5, 5.41) is 3.81. The van der Waals surface area contributed by atoms with Crippen LogP contribution in [-0.2, 0) is 12.8 Å². The zero-order valence-corrected chi connectivity index (χ0v) is 12.4. The molecule has 0 aliphatic rings. The smallest absolute Gasteiger partial charge is 0.228 e. The van der Waals surface area contributed by atoms with Crippen LogP contribution >= 0.6 is 0 Å². The summed E-state index contributed by atoms with van der Waals surface area (Å²) in [6.07, 6.45) is 0.614. The third-order valence-electron chi connectivity index (χ3n) is 3.38. The van der Waals surface area contributed by atoms with Crippen molar-refractivity contribution in [2.45, 2.75) is 39.7 Å². The van der Waals surface area contributed by atoms with Gasteiger partial charge < -0.3 is 10.3 Å². The molecule has 2 N–H and O–H groups in total. The van der Waals surface area contributed by atoms with E-state index in [1.165, 1.54) is 12.1 Å². The van der Waals surface area contributed by atoms with E-state index in [1.54, 1.807) is 0 Å². The minimum absolute atomic E-state index is 0.0717. The van der Waals surface area contributed by atoms with E-state index in [9.17, 15) is 8.78 Å². The quantitative estimate of drug-likeness (QED) is 0.942. The standard InChI is InChI=1S/C15H19F2N3O/c1-15(2,3)12(18)8-14-19-13(20-21-14)6-9-4-5-10(16)7-11(9)17/h4-5,7,12H,6,8,18H2,1-3H3. The first-order valence-corrected chi connectivity index (χ1v) is 6.76. The normalized spacial score (nSPS) is 13.4. The second kappa shape index (κ2) is 5.89. The van der Waals surface area contributed by atoms with Crippen LogP contribution < -0.4 is 5.73 Å². The lowest BCUT2D eigenvalue weighted by Gasteiger charge is -2.25. The molecule has 0 amide bonds. The van der Waals surface area contributed by atoms with E-state index in [2.05, 4.69) is 10.1 Å². The van der Waals surface area contributed by atoms with Crippen LogP contribution in [0.25, 0.3) is 0 Å². The van der Waals surface area contributed by atoms with Crippen LogP contribution in [0.4, 0.5) is 8.78 Å². The lowest BCUT2D eigenvalue weighted by molar-refractivity contribution is 0.285. The van der Waals surface area contributed by atoms with Crippen LogP contribution in [-0.4, -0.2) is 16.2 Å². The largest absolute Gasteiger partial charge is 0.339 e. The molecule has 0 fully saturated rings. The van der Waals surface area contributed by atoms with Crippen molar-refractivity contribution in [3.63, 3.8) is 0 Å². The maximum Gasteiger partial charge on any atom is 0.228 e. The third-order valence-corrected chi connectivity index (χ3v) is 3.38. The van der Waals surface area contributed by atoms with Gasteiger partial charge in [0.25, 0.3) is 0 Å². The van der Waals surface area contributed by atoms with Gasteiger partial charge in [-0.15, -0.1) is 0 Å². The zero-order chi connectivity index (χ0) is 15.6. The Kier molecular flexibility index (Phi) is 4.37. The molecule has 6 heteroatoms. The zero-order valence-electron chi connectivity index (χ0n) is 12.4. The first-order chi connectivity index (χ1) is 9.75. The molecule has 1 unspecified atom stereocenters. The molecule has 2 rings (SSSR count). The number of nitrogens with two attached hydrogens (primary N) is 1. The van der Waals surface area contributed by atoms with Gasteiger partial charge in [-0.3, -0.25) is 0 Å². The summed E-state index contributed by atoms with van der Waals surface area (Å²) >= 11 is 0. The molecule has 0 saturated heterocycles. The third kappa shape index (κ3) is 4.07. The van der Waals surface area contributed by atoms with Crippen molar-refractivity contribution in [2.24, 2.45) is 11.1 Å². The van der Waals surface area contributed by atoms with Gasteiger partial charge in [-0.1, -0.05) is 32.0 Å². The van der Waals surface area contributed by atoms with Crippen LogP contribution in [0.1, 0.15) is 38.0 Å². The predicted molar refractivity (Wildman–Crippen MR) is 74.6 cm³/mol. The van der Waals surface area contributed by atoms with Crippen LogP contribution in [0, 0.1) is 17.0 Å². The summed E-state index contributed by atoms with van der Waals surface area (Å²) in [5.41, 5.74) is 6.31. The number of hydrogen-bond donors (Lipinski definition) is 1. The van der Waals surface area contributed by atoms with Crippen molar-refractivity contribution in [2.75, 3.05) is 0 Å². The molecule has 114 valence electrons. The monoisotopic (exact) mass is 295 g/mol. The van der Waals surface area contributed by atoms with E-state index in [4.69, 9.17) is 10.3 Å². The molecule has 0 aliphatic heterocycles. The van der Waals surface area contributed by atoms with Gasteiger partial charge in [-0.05, 0) is 17.0 Å². The van der Waals surface area contributed by atoms with Gasteiger partial charge in [-0.2, -0.15) is 4.98 Å². The summed E-state index contributed by atoms with van der Waals surface area (Å²) < 4.78 is 31.5. The maximum atomic E-state index is 13.6. The van der Waals surface area contributed by atoms with Crippen molar-refractivity contribution in [1.82, 2.24) is 10.1 Å². The molecule has 1 atom stereocenters. The second-order valence-electron chi connectivity index (χ2n) is 6.19. The van der Waals surface area contributed by atoms with E-state index in [0.717, 1.165) is 6.07 Å². The first kappa shape index (κ1) is 15.6. The fraction of sp³-hybridized carbons (Fsp3) is 0.467. The average Bonchev–Trinajstić information content (AvgIpc) is 2.79. The topological polar surface area (TPSA) is 64.9 Å². The second-order valence-corrected chi connectivity index (χ2v) is 6.19. The summed E-state index contributed by atoms with van der Waals surface area (Å²) in [5.74, 6) is -0.444. The average molecular weight is 295 g/mol. The van der Waals surface area contributed by atoms with Crippen LogP contribution in [0.2, 0.25) is 0 Å². The molecular formula is C15H19F2N3O. The highest BCUT2D eigenvalue weighted by Gasteiger charge is 2.23. The highest BCUT2D eigenvalue weighted by Crippen LogP contribution is 2.20. The molecule has 0 radical (unpaired) electrons. The van der Waals surface area contributed by atoms with Crippen molar-refractivity contribution in [3.8, 4) is 0 Å². The number of nitrogens with zero attached hydrogens (tertiary/aromatic N) is 2. The molecule has 1 heterocycles. The van der Waals surface area contributed by atoms with Crippen molar-refractivity contribution >= 4 is 0 Å². The molecule has 0 spiro atoms. The summed E-state index contributed by atoms with van der Waals surface area (Å²) in [6, 6.07) is 3.30. The fourth-order valence-corrected chi connectivity index (χ4v) is 1.77. The van der Waals surface area contributed by atoms with Crippen molar-refractivity contribution < 1.29 is 13.3 Å². The Morgan fingerprint density at radius 1 is 1.29 bits per heavy atom. The van der Waals surface area contributed by atoms with Gasteiger partial charge in [0.2, 0.25) is 5.89 Å².